The number of ether oxygens (including phenoxy) is 1. The predicted molar refractivity (Wildman–Crippen MR) is 94.7 cm³/mol. The van der Waals surface area contributed by atoms with Gasteiger partial charge in [-0.3, -0.25) is 4.98 Å². The van der Waals surface area contributed by atoms with E-state index in [1.54, 1.807) is 12.3 Å². The summed E-state index contributed by atoms with van der Waals surface area (Å²) in [6.07, 6.45) is 1.76. The van der Waals surface area contributed by atoms with E-state index in [1.165, 1.54) is 12.1 Å². The van der Waals surface area contributed by atoms with E-state index in [1.807, 2.05) is 42.5 Å². The highest BCUT2D eigenvalue weighted by molar-refractivity contribution is 5.97. The van der Waals surface area contributed by atoms with Crippen LogP contribution < -0.4 is 4.74 Å². The summed E-state index contributed by atoms with van der Waals surface area (Å²) < 4.78 is 19.7. The molecule has 0 aliphatic carbocycles. The van der Waals surface area contributed by atoms with Crippen molar-refractivity contribution in [2.24, 2.45) is 0 Å². The second-order valence-electron chi connectivity index (χ2n) is 5.98. The van der Waals surface area contributed by atoms with E-state index < -0.39 is 0 Å². The number of aromatic nitrogens is 2. The molecule has 0 unspecified atom stereocenters. The molecule has 25 heavy (non-hydrogen) atoms. The molecule has 3 nitrogen and oxygen atoms in total. The summed E-state index contributed by atoms with van der Waals surface area (Å²) in [5.74, 6) is 0.355. The molecule has 0 atom stereocenters. The van der Waals surface area contributed by atoms with E-state index in [2.05, 4.69) is 4.98 Å². The molecule has 0 amide bonds. The Morgan fingerprint density at radius 1 is 0.960 bits per heavy atom. The molecule has 120 valence electrons. The number of hydrogen-bond donors (Lipinski definition) is 0. The Hall–Kier alpha value is -3.27. The number of nitrogens with zero attached hydrogens (tertiary/aromatic N) is 2. The van der Waals surface area contributed by atoms with Crippen molar-refractivity contribution in [3.05, 3.63) is 78.2 Å². The highest BCUT2D eigenvalue weighted by Crippen LogP contribution is 2.42. The molecular weight excluding hydrogens is 315 g/mol. The zero-order valence-electron chi connectivity index (χ0n) is 13.2. The van der Waals surface area contributed by atoms with E-state index in [0.29, 0.717) is 17.9 Å². The summed E-state index contributed by atoms with van der Waals surface area (Å²) >= 11 is 0. The largest absolute Gasteiger partial charge is 0.488 e. The lowest BCUT2D eigenvalue weighted by Crippen LogP contribution is -2.10. The molecule has 0 N–H and O–H groups in total. The van der Waals surface area contributed by atoms with Crippen molar-refractivity contribution in [3.63, 3.8) is 0 Å². The van der Waals surface area contributed by atoms with Gasteiger partial charge in [-0.25, -0.2) is 9.37 Å². The smallest absolute Gasteiger partial charge is 0.129 e. The number of rotatable bonds is 1. The van der Waals surface area contributed by atoms with Crippen molar-refractivity contribution in [2.75, 3.05) is 0 Å². The Morgan fingerprint density at radius 3 is 2.72 bits per heavy atom. The maximum atomic E-state index is 13.8. The van der Waals surface area contributed by atoms with Crippen LogP contribution in [0.2, 0.25) is 0 Å². The third-order valence-corrected chi connectivity index (χ3v) is 4.47. The van der Waals surface area contributed by atoms with Gasteiger partial charge < -0.3 is 4.74 Å². The van der Waals surface area contributed by atoms with E-state index >= 15 is 0 Å². The fourth-order valence-corrected chi connectivity index (χ4v) is 3.37. The summed E-state index contributed by atoms with van der Waals surface area (Å²) in [6.45, 7) is 0.387. The first kappa shape index (κ1) is 14.1. The maximum Gasteiger partial charge on any atom is 0.129 e. The maximum absolute atomic E-state index is 13.8. The Kier molecular flexibility index (Phi) is 3.04. The molecule has 2 aromatic carbocycles. The molecule has 3 heterocycles. The SMILES string of the molecule is Fc1ccc2c(c1)-c1nc3cccnc3c(-c3ccccc3)c1CO2. The normalized spacial score (nSPS) is 12.4. The number of halogens is 1. The van der Waals surface area contributed by atoms with Gasteiger partial charge in [0.15, 0.2) is 0 Å². The van der Waals surface area contributed by atoms with Gasteiger partial charge in [-0.2, -0.15) is 0 Å². The lowest BCUT2D eigenvalue weighted by molar-refractivity contribution is 0.302. The summed E-state index contributed by atoms with van der Waals surface area (Å²) in [5, 5.41) is 0. The van der Waals surface area contributed by atoms with Crippen molar-refractivity contribution in [3.8, 4) is 28.1 Å². The van der Waals surface area contributed by atoms with Gasteiger partial charge in [-0.15, -0.1) is 0 Å². The molecule has 1 aliphatic heterocycles. The highest BCUT2D eigenvalue weighted by atomic mass is 19.1. The first-order chi connectivity index (χ1) is 12.3. The van der Waals surface area contributed by atoms with E-state index in [-0.39, 0.29) is 5.82 Å². The van der Waals surface area contributed by atoms with Gasteiger partial charge in [0.1, 0.15) is 18.2 Å². The lowest BCUT2D eigenvalue weighted by Gasteiger charge is -2.23. The number of hydrogen-bond acceptors (Lipinski definition) is 3. The van der Waals surface area contributed by atoms with Crippen LogP contribution in [0.3, 0.4) is 0 Å². The highest BCUT2D eigenvalue weighted by Gasteiger charge is 2.25. The molecule has 4 aromatic rings. The van der Waals surface area contributed by atoms with Crippen molar-refractivity contribution in [2.45, 2.75) is 6.61 Å². The van der Waals surface area contributed by atoms with Gasteiger partial charge in [-0.05, 0) is 35.9 Å². The molecule has 0 radical (unpaired) electrons. The fourth-order valence-electron chi connectivity index (χ4n) is 3.37. The van der Waals surface area contributed by atoms with E-state index in [4.69, 9.17) is 9.72 Å². The van der Waals surface area contributed by atoms with Gasteiger partial charge in [0.2, 0.25) is 0 Å². The minimum absolute atomic E-state index is 0.301. The van der Waals surface area contributed by atoms with Crippen molar-refractivity contribution in [1.82, 2.24) is 9.97 Å². The molecular formula is C21H13FN2O. The van der Waals surface area contributed by atoms with Gasteiger partial charge in [0.05, 0.1) is 16.7 Å². The topological polar surface area (TPSA) is 35.0 Å². The molecule has 0 bridgehead atoms. The van der Waals surface area contributed by atoms with Gasteiger partial charge in [0, 0.05) is 22.9 Å². The number of fused-ring (bicyclic) bond motifs is 4. The first-order valence-corrected chi connectivity index (χ1v) is 8.07. The zero-order chi connectivity index (χ0) is 16.8. The van der Waals surface area contributed by atoms with Gasteiger partial charge in [-0.1, -0.05) is 30.3 Å². The second-order valence-corrected chi connectivity index (χ2v) is 5.98. The van der Waals surface area contributed by atoms with Gasteiger partial charge >= 0.3 is 0 Å². The van der Waals surface area contributed by atoms with Crippen LogP contribution in [0.1, 0.15) is 5.56 Å². The van der Waals surface area contributed by atoms with Crippen LogP contribution in [0, 0.1) is 5.82 Å². The summed E-state index contributed by atoms with van der Waals surface area (Å²) in [7, 11) is 0. The fraction of sp³-hybridized carbons (Fsp3) is 0.0476. The van der Waals surface area contributed by atoms with Crippen molar-refractivity contribution in [1.29, 1.82) is 0 Å². The lowest BCUT2D eigenvalue weighted by atomic mass is 9.93. The molecule has 0 saturated carbocycles. The van der Waals surface area contributed by atoms with Crippen molar-refractivity contribution < 1.29 is 9.13 Å². The van der Waals surface area contributed by atoms with Crippen LogP contribution in [-0.4, -0.2) is 9.97 Å². The quantitative estimate of drug-likeness (QED) is 0.493. The monoisotopic (exact) mass is 328 g/mol. The molecule has 0 fully saturated rings. The van der Waals surface area contributed by atoms with Crippen LogP contribution in [0.4, 0.5) is 4.39 Å². The average molecular weight is 328 g/mol. The van der Waals surface area contributed by atoms with E-state index in [0.717, 1.165) is 33.4 Å². The van der Waals surface area contributed by atoms with Crippen LogP contribution in [0.15, 0.2) is 66.9 Å². The molecule has 2 aromatic heterocycles. The number of pyridine rings is 2. The van der Waals surface area contributed by atoms with Crippen LogP contribution in [0.25, 0.3) is 33.4 Å². The van der Waals surface area contributed by atoms with Crippen LogP contribution >= 0.6 is 0 Å². The van der Waals surface area contributed by atoms with Gasteiger partial charge in [0.25, 0.3) is 0 Å². The Balaban J connectivity index is 1.91. The minimum atomic E-state index is -0.301. The molecule has 0 spiro atoms. The standard InChI is InChI=1S/C21H13FN2O/c22-14-8-9-18-15(11-14)20-16(12-25-18)19(13-5-2-1-3-6-13)21-17(24-20)7-4-10-23-21/h1-11H,12H2. The molecule has 4 heteroatoms. The minimum Gasteiger partial charge on any atom is -0.488 e. The number of benzene rings is 2. The van der Waals surface area contributed by atoms with Crippen LogP contribution in [-0.2, 0) is 6.61 Å². The third-order valence-electron chi connectivity index (χ3n) is 4.47. The summed E-state index contributed by atoms with van der Waals surface area (Å²) in [6, 6.07) is 18.4. The zero-order valence-corrected chi connectivity index (χ0v) is 13.2. The Bertz CT molecular complexity index is 1110. The Morgan fingerprint density at radius 2 is 1.84 bits per heavy atom. The molecule has 0 saturated heterocycles. The third kappa shape index (κ3) is 2.18. The second kappa shape index (κ2) is 5.38. The predicted octanol–water partition coefficient (Wildman–Crippen LogP) is 5.00. The molecule has 1 aliphatic rings. The first-order valence-electron chi connectivity index (χ1n) is 8.07. The average Bonchev–Trinajstić information content (AvgIpc) is 2.67. The summed E-state index contributed by atoms with van der Waals surface area (Å²) in [5.41, 5.74) is 6.05. The Labute approximate surface area is 143 Å². The van der Waals surface area contributed by atoms with E-state index in [9.17, 15) is 4.39 Å². The van der Waals surface area contributed by atoms with Crippen LogP contribution in [0.5, 0.6) is 5.75 Å². The van der Waals surface area contributed by atoms with Crippen molar-refractivity contribution >= 4 is 11.0 Å². The molecule has 5 rings (SSSR count). The summed E-state index contributed by atoms with van der Waals surface area (Å²) in [4.78, 5) is 9.32.